The van der Waals surface area contributed by atoms with Gasteiger partial charge < -0.3 is 39.5 Å². The number of nitrogens with one attached hydrogen (secondary N) is 2. The van der Waals surface area contributed by atoms with Gasteiger partial charge in [0.05, 0.1) is 18.7 Å². The molecule has 4 rings (SSSR count). The van der Waals surface area contributed by atoms with Crippen LogP contribution in [-0.2, 0) is 28.7 Å². The summed E-state index contributed by atoms with van der Waals surface area (Å²) in [7, 11) is 0. The van der Waals surface area contributed by atoms with Gasteiger partial charge in [-0.25, -0.2) is 9.78 Å². The van der Waals surface area contributed by atoms with E-state index in [2.05, 4.69) is 10.3 Å². The van der Waals surface area contributed by atoms with Crippen LogP contribution in [0.15, 0.2) is 24.3 Å². The smallest absolute Gasteiger partial charge is 0.409 e. The summed E-state index contributed by atoms with van der Waals surface area (Å²) in [6.07, 6.45) is -4.75. The first-order valence-electron chi connectivity index (χ1n) is 17.1. The number of halogens is 3. The number of amides is 5. The average Bonchev–Trinajstić information content (AvgIpc) is 3.61. The number of fused-ring (bicyclic) bond motifs is 1. The van der Waals surface area contributed by atoms with Gasteiger partial charge in [0.2, 0.25) is 11.8 Å². The average molecular weight is 737 g/mol. The Hall–Kier alpha value is -5.16. The lowest BCUT2D eigenvalue weighted by molar-refractivity contribution is -0.145. The molecule has 0 aliphatic carbocycles. The number of likely N-dealkylation sites (tertiary alicyclic amines) is 1. The fourth-order valence-corrected chi connectivity index (χ4v) is 5.94. The number of hydrogen-bond donors (Lipinski definition) is 2. The molecule has 2 fully saturated rings. The van der Waals surface area contributed by atoms with E-state index in [0.717, 1.165) is 5.56 Å². The Kier molecular flexibility index (Phi) is 13.6. The molecule has 52 heavy (non-hydrogen) atoms. The van der Waals surface area contributed by atoms with Crippen LogP contribution < -0.4 is 15.4 Å². The van der Waals surface area contributed by atoms with Crippen molar-refractivity contribution in [1.29, 1.82) is 0 Å². The van der Waals surface area contributed by atoms with E-state index in [4.69, 9.17) is 14.2 Å². The summed E-state index contributed by atoms with van der Waals surface area (Å²) in [6.45, 7) is 4.29. The van der Waals surface area contributed by atoms with Gasteiger partial charge in [-0.05, 0) is 57.7 Å². The number of benzene rings is 1. The number of carbonyl (C=O) groups excluding carboxylic acids is 6. The topological polar surface area (TPSA) is 177 Å². The molecule has 0 bridgehead atoms. The highest BCUT2D eigenvalue weighted by Gasteiger charge is 2.37. The highest BCUT2D eigenvalue weighted by molar-refractivity contribution is 5.99. The summed E-state index contributed by atoms with van der Waals surface area (Å²) < 4.78 is 53.9. The molecule has 18 heteroatoms. The number of ether oxygens (including phenoxy) is 3. The number of alkyl halides is 3. The van der Waals surface area contributed by atoms with Crippen LogP contribution in [0.3, 0.4) is 0 Å². The SMILES string of the molecule is CCOC(=O)CC[C@H](NC(=O)c1cc(OCC(=O)N2CCC[C@H]2C(=O)NCC(F)(F)F)c2ccc(C)cc2n1)C(=O)N1CCN(C(=O)OCC)CC1. The zero-order valence-electron chi connectivity index (χ0n) is 29.3. The summed E-state index contributed by atoms with van der Waals surface area (Å²) in [4.78, 5) is 86.0. The Balaban J connectivity index is 1.51. The number of nitrogens with zero attached hydrogens (tertiary/aromatic N) is 4. The van der Waals surface area contributed by atoms with Crippen LogP contribution in [-0.4, -0.2) is 133 Å². The molecule has 2 N–H and O–H groups in total. The molecule has 2 aromatic rings. The van der Waals surface area contributed by atoms with Crippen LogP contribution in [0, 0.1) is 6.92 Å². The monoisotopic (exact) mass is 736 g/mol. The largest absolute Gasteiger partial charge is 0.483 e. The fourth-order valence-electron chi connectivity index (χ4n) is 5.94. The van der Waals surface area contributed by atoms with E-state index in [1.54, 1.807) is 39.0 Å². The van der Waals surface area contributed by atoms with Crippen molar-refractivity contribution in [2.45, 2.75) is 64.7 Å². The van der Waals surface area contributed by atoms with Crippen molar-refractivity contribution in [3.8, 4) is 5.75 Å². The van der Waals surface area contributed by atoms with E-state index in [1.165, 1.54) is 20.8 Å². The minimum Gasteiger partial charge on any atom is -0.483 e. The number of esters is 1. The number of hydrogen-bond acceptors (Lipinski definition) is 10. The molecule has 15 nitrogen and oxygen atoms in total. The number of aryl methyl sites for hydroxylation is 1. The molecule has 3 heterocycles. The van der Waals surface area contributed by atoms with Gasteiger partial charge in [-0.1, -0.05) is 6.07 Å². The van der Waals surface area contributed by atoms with Gasteiger partial charge in [0.1, 0.15) is 30.1 Å². The molecule has 2 saturated heterocycles. The van der Waals surface area contributed by atoms with Crippen LogP contribution in [0.5, 0.6) is 5.75 Å². The summed E-state index contributed by atoms with van der Waals surface area (Å²) in [5.74, 6) is -3.27. The normalized spacial score (nSPS) is 16.7. The summed E-state index contributed by atoms with van der Waals surface area (Å²) in [6, 6.07) is 4.18. The van der Waals surface area contributed by atoms with E-state index in [-0.39, 0.29) is 76.6 Å². The van der Waals surface area contributed by atoms with Gasteiger partial charge in [-0.2, -0.15) is 13.2 Å². The predicted octanol–water partition coefficient (Wildman–Crippen LogP) is 2.33. The first-order valence-corrected chi connectivity index (χ1v) is 17.1. The van der Waals surface area contributed by atoms with Crippen molar-refractivity contribution in [2.24, 2.45) is 0 Å². The number of aromatic nitrogens is 1. The minimum atomic E-state index is -4.61. The van der Waals surface area contributed by atoms with Crippen LogP contribution in [0.25, 0.3) is 10.9 Å². The van der Waals surface area contributed by atoms with Crippen LogP contribution in [0.2, 0.25) is 0 Å². The second kappa shape index (κ2) is 17.9. The van der Waals surface area contributed by atoms with Gasteiger partial charge in [-0.3, -0.25) is 24.0 Å². The maximum Gasteiger partial charge on any atom is 0.409 e. The Bertz CT molecular complexity index is 1650. The van der Waals surface area contributed by atoms with Crippen molar-refractivity contribution in [1.82, 2.24) is 30.3 Å². The molecule has 1 aromatic carbocycles. The van der Waals surface area contributed by atoms with Gasteiger partial charge in [0.25, 0.3) is 11.8 Å². The first-order chi connectivity index (χ1) is 24.7. The molecule has 2 atom stereocenters. The lowest BCUT2D eigenvalue weighted by Gasteiger charge is -2.36. The zero-order valence-corrected chi connectivity index (χ0v) is 29.3. The Morgan fingerprint density at radius 2 is 1.65 bits per heavy atom. The van der Waals surface area contributed by atoms with Crippen molar-refractivity contribution >= 4 is 46.6 Å². The van der Waals surface area contributed by atoms with Crippen molar-refractivity contribution < 1.29 is 56.1 Å². The number of rotatable bonds is 13. The van der Waals surface area contributed by atoms with Gasteiger partial charge in [0, 0.05) is 50.6 Å². The Morgan fingerprint density at radius 1 is 0.962 bits per heavy atom. The van der Waals surface area contributed by atoms with Crippen LogP contribution >= 0.6 is 0 Å². The second-order valence-corrected chi connectivity index (χ2v) is 12.3. The molecule has 0 radical (unpaired) electrons. The van der Waals surface area contributed by atoms with E-state index < -0.39 is 67.1 Å². The predicted molar refractivity (Wildman–Crippen MR) is 178 cm³/mol. The van der Waals surface area contributed by atoms with Crippen molar-refractivity contribution in [3.05, 3.63) is 35.5 Å². The maximum absolute atomic E-state index is 13.7. The fraction of sp³-hybridized carbons (Fsp3) is 0.559. The van der Waals surface area contributed by atoms with E-state index in [0.29, 0.717) is 17.3 Å². The number of piperazine rings is 1. The second-order valence-electron chi connectivity index (χ2n) is 12.3. The third-order valence-electron chi connectivity index (χ3n) is 8.51. The van der Waals surface area contributed by atoms with Crippen LogP contribution in [0.1, 0.15) is 55.6 Å². The highest BCUT2D eigenvalue weighted by Crippen LogP contribution is 2.28. The summed E-state index contributed by atoms with van der Waals surface area (Å²) in [5.41, 5.74) is 0.978. The molecule has 0 spiro atoms. The quantitative estimate of drug-likeness (QED) is 0.291. The van der Waals surface area contributed by atoms with E-state index in [9.17, 15) is 41.9 Å². The summed E-state index contributed by atoms with van der Waals surface area (Å²) in [5, 5.41) is 4.95. The molecule has 5 amide bonds. The number of carbonyl (C=O) groups is 6. The number of pyridine rings is 1. The lowest BCUT2D eigenvalue weighted by atomic mass is 10.1. The molecule has 2 aliphatic rings. The molecule has 0 saturated carbocycles. The van der Waals surface area contributed by atoms with E-state index >= 15 is 0 Å². The maximum atomic E-state index is 13.7. The minimum absolute atomic E-state index is 0.0837. The van der Waals surface area contributed by atoms with Gasteiger partial charge in [0.15, 0.2) is 6.61 Å². The molecule has 284 valence electrons. The third-order valence-corrected chi connectivity index (χ3v) is 8.51. The lowest BCUT2D eigenvalue weighted by Crippen LogP contribution is -2.56. The Labute approximate surface area is 298 Å². The first kappa shape index (κ1) is 39.6. The summed E-state index contributed by atoms with van der Waals surface area (Å²) >= 11 is 0. The van der Waals surface area contributed by atoms with Gasteiger partial charge >= 0.3 is 18.2 Å². The zero-order chi connectivity index (χ0) is 38.0. The highest BCUT2D eigenvalue weighted by atomic mass is 19.4. The Morgan fingerprint density at radius 3 is 2.33 bits per heavy atom. The van der Waals surface area contributed by atoms with Crippen molar-refractivity contribution in [2.75, 3.05) is 59.1 Å². The molecule has 1 aromatic heterocycles. The molecule has 0 unspecified atom stereocenters. The molecular weight excluding hydrogens is 693 g/mol. The molecular formula is C34H43F3N6O9. The van der Waals surface area contributed by atoms with Crippen LogP contribution in [0.4, 0.5) is 18.0 Å². The van der Waals surface area contributed by atoms with Gasteiger partial charge in [-0.15, -0.1) is 0 Å². The molecule has 2 aliphatic heterocycles. The van der Waals surface area contributed by atoms with Crippen molar-refractivity contribution in [3.63, 3.8) is 0 Å². The third kappa shape index (κ3) is 10.7. The standard InChI is InChI=1S/C34H43F3N6O9/c1-4-50-29(45)11-10-23(32(48)41-13-15-42(16-14-41)33(49)51-5-2)40-30(46)25-18-27(22-9-8-21(3)17-24(22)39-25)52-19-28(44)43-12-6-7-26(43)31(47)38-20-34(35,36)37/h8-9,17-18,23,26H,4-7,10-16,19-20H2,1-3H3,(H,38,47)(H,40,46)/t23-,26-/m0/s1. The van der Waals surface area contributed by atoms with E-state index in [1.807, 2.05) is 5.32 Å².